The Balaban J connectivity index is 1.91. The molecule has 2 heterocycles. The number of carbonyl (C=O) groups is 3. The number of ether oxygens (including phenoxy) is 1. The van der Waals surface area contributed by atoms with E-state index in [1.54, 1.807) is 25.7 Å². The lowest BCUT2D eigenvalue weighted by atomic mass is 9.90. The lowest BCUT2D eigenvalue weighted by Gasteiger charge is -2.39. The van der Waals surface area contributed by atoms with Gasteiger partial charge in [-0.05, 0) is 57.6 Å². The minimum absolute atomic E-state index is 0.00212. The number of aromatic amines is 1. The lowest BCUT2D eigenvalue weighted by Crippen LogP contribution is -2.52. The van der Waals surface area contributed by atoms with Crippen molar-refractivity contribution in [2.75, 3.05) is 6.54 Å². The first-order chi connectivity index (χ1) is 15.5. The molecule has 3 rings (SSSR count). The van der Waals surface area contributed by atoms with Gasteiger partial charge >= 0.3 is 12.1 Å². The van der Waals surface area contributed by atoms with Crippen molar-refractivity contribution in [2.45, 2.75) is 78.0 Å². The number of aliphatic carboxylic acids is 1. The zero-order valence-electron chi connectivity index (χ0n) is 20.1. The molecule has 0 radical (unpaired) electrons. The van der Waals surface area contributed by atoms with E-state index in [2.05, 4.69) is 30.2 Å². The summed E-state index contributed by atoms with van der Waals surface area (Å²) in [7, 11) is 0. The molecule has 1 unspecified atom stereocenters. The second-order valence-corrected chi connectivity index (χ2v) is 10.1. The highest BCUT2D eigenvalue weighted by Crippen LogP contribution is 2.38. The molecule has 0 saturated heterocycles. The van der Waals surface area contributed by atoms with Crippen LogP contribution in [-0.4, -0.2) is 51.1 Å². The second kappa shape index (κ2) is 9.85. The molecule has 1 aliphatic heterocycles. The third-order valence-electron chi connectivity index (χ3n) is 5.77. The molecule has 1 aromatic carbocycles. The molecular weight excluding hydrogens is 422 g/mol. The Morgan fingerprint density at radius 1 is 1.24 bits per heavy atom. The van der Waals surface area contributed by atoms with Crippen LogP contribution in [0.3, 0.4) is 0 Å². The number of aromatic nitrogens is 1. The number of para-hydroxylation sites is 1. The summed E-state index contributed by atoms with van der Waals surface area (Å²) in [5.74, 6) is -0.968. The molecule has 1 aliphatic rings. The number of nitrogens with one attached hydrogen (secondary N) is 2. The van der Waals surface area contributed by atoms with Crippen molar-refractivity contribution in [3.63, 3.8) is 0 Å². The minimum atomic E-state index is -1.02. The average Bonchev–Trinajstić information content (AvgIpc) is 3.08. The number of nitrogens with zero attached hydrogens (tertiary/aromatic N) is 1. The average molecular weight is 458 g/mol. The molecule has 180 valence electrons. The fourth-order valence-corrected chi connectivity index (χ4v) is 4.45. The molecule has 0 aliphatic carbocycles. The Kier molecular flexibility index (Phi) is 7.34. The van der Waals surface area contributed by atoms with Gasteiger partial charge in [-0.1, -0.05) is 32.0 Å². The number of carbonyl (C=O) groups excluding carboxylic acids is 2. The maximum Gasteiger partial charge on any atom is 0.408 e. The van der Waals surface area contributed by atoms with E-state index in [0.29, 0.717) is 18.9 Å². The third-order valence-corrected chi connectivity index (χ3v) is 5.77. The molecule has 2 aromatic rings. The molecule has 33 heavy (non-hydrogen) atoms. The quantitative estimate of drug-likeness (QED) is 0.571. The van der Waals surface area contributed by atoms with Gasteiger partial charge in [0.15, 0.2) is 0 Å². The summed E-state index contributed by atoms with van der Waals surface area (Å²) < 4.78 is 5.33. The van der Waals surface area contributed by atoms with Crippen molar-refractivity contribution in [2.24, 2.45) is 5.92 Å². The first kappa shape index (κ1) is 24.6. The second-order valence-electron chi connectivity index (χ2n) is 10.1. The third kappa shape index (κ3) is 6.06. The highest BCUT2D eigenvalue weighted by atomic mass is 16.6. The minimum Gasteiger partial charge on any atom is -0.481 e. The summed E-state index contributed by atoms with van der Waals surface area (Å²) in [6.45, 7) is 9.94. The van der Waals surface area contributed by atoms with E-state index in [0.717, 1.165) is 17.6 Å². The Hall–Kier alpha value is -3.03. The summed E-state index contributed by atoms with van der Waals surface area (Å²) >= 11 is 0. The summed E-state index contributed by atoms with van der Waals surface area (Å²) in [4.78, 5) is 42.6. The standard InChI is InChI=1S/C25H35N3O5/c1-15(2)14-20-22-17(16-8-6-7-9-18(16)26-22)12-13-28(20)23(31)19(10-11-21(29)30)27-24(32)33-25(3,4)5/h6-9,15,19-20,26H,10-14H2,1-5H3,(H,27,32)(H,29,30)/t19-,20?/m1/s1. The van der Waals surface area contributed by atoms with Crippen LogP contribution in [-0.2, 0) is 20.7 Å². The zero-order valence-corrected chi connectivity index (χ0v) is 20.1. The van der Waals surface area contributed by atoms with Gasteiger partial charge in [-0.15, -0.1) is 0 Å². The van der Waals surface area contributed by atoms with Gasteiger partial charge in [0.05, 0.1) is 6.04 Å². The van der Waals surface area contributed by atoms with Gasteiger partial charge in [0, 0.05) is 29.6 Å². The van der Waals surface area contributed by atoms with Crippen molar-refractivity contribution in [3.05, 3.63) is 35.5 Å². The molecular formula is C25H35N3O5. The predicted octanol–water partition coefficient (Wildman–Crippen LogP) is 4.40. The molecule has 3 N–H and O–H groups in total. The normalized spacial score (nSPS) is 17.0. The van der Waals surface area contributed by atoms with Crippen molar-refractivity contribution in [1.82, 2.24) is 15.2 Å². The first-order valence-corrected chi connectivity index (χ1v) is 11.6. The van der Waals surface area contributed by atoms with Crippen LogP contribution in [0.25, 0.3) is 10.9 Å². The summed E-state index contributed by atoms with van der Waals surface area (Å²) in [6.07, 6.45) is 0.487. The van der Waals surface area contributed by atoms with Gasteiger partial charge in [-0.2, -0.15) is 0 Å². The van der Waals surface area contributed by atoms with Crippen LogP contribution < -0.4 is 5.32 Å². The number of rotatable bonds is 7. The van der Waals surface area contributed by atoms with E-state index >= 15 is 0 Å². The fourth-order valence-electron chi connectivity index (χ4n) is 4.45. The maximum absolute atomic E-state index is 13.7. The topological polar surface area (TPSA) is 112 Å². The van der Waals surface area contributed by atoms with Crippen LogP contribution in [0, 0.1) is 5.92 Å². The van der Waals surface area contributed by atoms with Crippen molar-refractivity contribution >= 4 is 28.9 Å². The van der Waals surface area contributed by atoms with Gasteiger partial charge in [0.1, 0.15) is 11.6 Å². The number of H-pyrrole nitrogens is 1. The largest absolute Gasteiger partial charge is 0.481 e. The molecule has 1 aromatic heterocycles. The van der Waals surface area contributed by atoms with Gasteiger partial charge in [0.25, 0.3) is 0 Å². The van der Waals surface area contributed by atoms with Gasteiger partial charge in [-0.25, -0.2) is 4.79 Å². The van der Waals surface area contributed by atoms with E-state index in [1.807, 2.05) is 18.2 Å². The van der Waals surface area contributed by atoms with E-state index in [1.165, 1.54) is 10.9 Å². The van der Waals surface area contributed by atoms with Crippen molar-refractivity contribution < 1.29 is 24.2 Å². The number of carboxylic acid groups (broad SMARTS) is 1. The summed E-state index contributed by atoms with van der Waals surface area (Å²) in [6, 6.07) is 6.97. The highest BCUT2D eigenvalue weighted by Gasteiger charge is 2.37. The van der Waals surface area contributed by atoms with E-state index in [9.17, 15) is 19.5 Å². The van der Waals surface area contributed by atoms with Crippen LogP contribution in [0.15, 0.2) is 24.3 Å². The molecule has 0 bridgehead atoms. The molecule has 2 amide bonds. The Morgan fingerprint density at radius 2 is 1.94 bits per heavy atom. The highest BCUT2D eigenvalue weighted by molar-refractivity contribution is 5.89. The smallest absolute Gasteiger partial charge is 0.408 e. The number of fused-ring (bicyclic) bond motifs is 3. The molecule has 0 fully saturated rings. The Bertz CT molecular complexity index is 1020. The van der Waals surface area contributed by atoms with E-state index in [-0.39, 0.29) is 24.8 Å². The van der Waals surface area contributed by atoms with Crippen LogP contribution in [0.1, 0.15) is 71.2 Å². The van der Waals surface area contributed by atoms with Gasteiger partial charge < -0.3 is 25.0 Å². The van der Waals surface area contributed by atoms with Crippen LogP contribution in [0.2, 0.25) is 0 Å². The number of benzene rings is 1. The zero-order chi connectivity index (χ0) is 24.3. The van der Waals surface area contributed by atoms with Crippen LogP contribution in [0.5, 0.6) is 0 Å². The van der Waals surface area contributed by atoms with Gasteiger partial charge in [0.2, 0.25) is 5.91 Å². The SMILES string of the molecule is CC(C)CC1c2[nH]c3ccccc3c2CCN1C(=O)[C@@H](CCC(=O)O)NC(=O)OC(C)(C)C. The number of alkyl carbamates (subject to hydrolysis) is 1. The number of carboxylic acids is 1. The summed E-state index contributed by atoms with van der Waals surface area (Å²) in [5.41, 5.74) is 2.57. The van der Waals surface area contributed by atoms with Crippen molar-refractivity contribution in [1.29, 1.82) is 0 Å². The first-order valence-electron chi connectivity index (χ1n) is 11.6. The van der Waals surface area contributed by atoms with E-state index in [4.69, 9.17) is 4.74 Å². The Morgan fingerprint density at radius 3 is 2.58 bits per heavy atom. The lowest BCUT2D eigenvalue weighted by molar-refractivity contribution is -0.139. The Labute approximate surface area is 194 Å². The van der Waals surface area contributed by atoms with E-state index < -0.39 is 23.7 Å². The summed E-state index contributed by atoms with van der Waals surface area (Å²) in [5, 5.41) is 13.0. The monoisotopic (exact) mass is 457 g/mol. The molecule has 8 heteroatoms. The van der Waals surface area contributed by atoms with Crippen molar-refractivity contribution in [3.8, 4) is 0 Å². The molecule has 0 saturated carbocycles. The number of hydrogen-bond acceptors (Lipinski definition) is 4. The van der Waals surface area contributed by atoms with Crippen LogP contribution >= 0.6 is 0 Å². The molecule has 8 nitrogen and oxygen atoms in total. The molecule has 2 atom stereocenters. The number of hydrogen-bond donors (Lipinski definition) is 3. The predicted molar refractivity (Wildman–Crippen MR) is 126 cm³/mol. The number of amides is 2. The van der Waals surface area contributed by atoms with Crippen LogP contribution in [0.4, 0.5) is 4.79 Å². The molecule has 0 spiro atoms. The fraction of sp³-hybridized carbons (Fsp3) is 0.560. The maximum atomic E-state index is 13.7. The van der Waals surface area contributed by atoms with Gasteiger partial charge in [-0.3, -0.25) is 9.59 Å².